The summed E-state index contributed by atoms with van der Waals surface area (Å²) in [4.78, 5) is 33.7. The average molecular weight is 262 g/mol. The second-order valence-corrected chi connectivity index (χ2v) is 3.48. The van der Waals surface area contributed by atoms with E-state index in [-0.39, 0.29) is 19.0 Å². The predicted molar refractivity (Wildman–Crippen MR) is 67.5 cm³/mol. The fraction of sp³-hybridized carbons (Fsp3) is 0.214. The Morgan fingerprint density at radius 1 is 1.00 bits per heavy atom. The van der Waals surface area contributed by atoms with Gasteiger partial charge in [-0.3, -0.25) is 4.79 Å². The van der Waals surface area contributed by atoms with Crippen molar-refractivity contribution in [3.8, 4) is 0 Å². The van der Waals surface area contributed by atoms with Gasteiger partial charge in [-0.1, -0.05) is 30.3 Å². The summed E-state index contributed by atoms with van der Waals surface area (Å²) in [5.41, 5.74) is 0.463. The first-order valence-corrected chi connectivity index (χ1v) is 5.73. The minimum Gasteiger partial charge on any atom is -0.463 e. The van der Waals surface area contributed by atoms with Gasteiger partial charge in [0.2, 0.25) is 0 Å². The van der Waals surface area contributed by atoms with Crippen LogP contribution in [0, 0.1) is 0 Å². The summed E-state index contributed by atoms with van der Waals surface area (Å²) in [6.45, 7) is 1.52. The van der Waals surface area contributed by atoms with Crippen LogP contribution < -0.4 is 0 Å². The molecule has 0 radical (unpaired) electrons. The van der Waals surface area contributed by atoms with Crippen molar-refractivity contribution in [2.45, 2.75) is 6.92 Å². The molecule has 0 aliphatic rings. The van der Waals surface area contributed by atoms with E-state index in [0.717, 1.165) is 12.2 Å². The summed E-state index contributed by atoms with van der Waals surface area (Å²) in [7, 11) is 0. The number of hydrogen-bond acceptors (Lipinski definition) is 5. The molecule has 5 heteroatoms. The van der Waals surface area contributed by atoms with Crippen molar-refractivity contribution in [2.24, 2.45) is 0 Å². The lowest BCUT2D eigenvalue weighted by molar-refractivity contribution is -0.139. The highest BCUT2D eigenvalue weighted by Crippen LogP contribution is 2.00. The van der Waals surface area contributed by atoms with Crippen molar-refractivity contribution in [1.29, 1.82) is 0 Å². The van der Waals surface area contributed by atoms with Crippen LogP contribution in [-0.2, 0) is 19.1 Å². The van der Waals surface area contributed by atoms with Gasteiger partial charge in [0.25, 0.3) is 0 Å². The summed E-state index contributed by atoms with van der Waals surface area (Å²) >= 11 is 0. The molecule has 0 unspecified atom stereocenters. The molecule has 1 rings (SSSR count). The molecule has 5 nitrogen and oxygen atoms in total. The van der Waals surface area contributed by atoms with Gasteiger partial charge in [-0.05, 0) is 6.92 Å². The Balaban J connectivity index is 2.39. The second kappa shape index (κ2) is 7.81. The summed E-state index contributed by atoms with van der Waals surface area (Å²) in [6, 6.07) is 8.48. The second-order valence-electron chi connectivity index (χ2n) is 3.48. The van der Waals surface area contributed by atoms with Gasteiger partial charge >= 0.3 is 11.9 Å². The maximum absolute atomic E-state index is 11.6. The Bertz CT molecular complexity index is 476. The third-order valence-electron chi connectivity index (χ3n) is 2.08. The van der Waals surface area contributed by atoms with Crippen molar-refractivity contribution >= 4 is 17.7 Å². The molecule has 0 spiro atoms. The first-order valence-electron chi connectivity index (χ1n) is 5.73. The smallest absolute Gasteiger partial charge is 0.331 e. The highest BCUT2D eigenvalue weighted by atomic mass is 16.5. The van der Waals surface area contributed by atoms with Gasteiger partial charge in [-0.2, -0.15) is 0 Å². The number of ketones is 1. The lowest BCUT2D eigenvalue weighted by Crippen LogP contribution is -2.12. The fourth-order valence-corrected chi connectivity index (χ4v) is 1.22. The average Bonchev–Trinajstić information content (AvgIpc) is 2.44. The molecule has 1 aromatic rings. The van der Waals surface area contributed by atoms with Gasteiger partial charge < -0.3 is 9.47 Å². The van der Waals surface area contributed by atoms with Gasteiger partial charge in [-0.25, -0.2) is 9.59 Å². The number of hydrogen-bond donors (Lipinski definition) is 0. The van der Waals surface area contributed by atoms with E-state index in [4.69, 9.17) is 4.74 Å². The molecule has 0 amide bonds. The van der Waals surface area contributed by atoms with Crippen LogP contribution in [0.25, 0.3) is 0 Å². The van der Waals surface area contributed by atoms with E-state index in [0.29, 0.717) is 5.56 Å². The molecule has 0 heterocycles. The van der Waals surface area contributed by atoms with E-state index in [1.54, 1.807) is 37.3 Å². The SMILES string of the molecule is CCOC(=O)/C=C/C(=O)OCC(=O)c1ccccc1. The van der Waals surface area contributed by atoms with Crippen LogP contribution in [0.5, 0.6) is 0 Å². The van der Waals surface area contributed by atoms with Crippen LogP contribution in [0.1, 0.15) is 17.3 Å². The maximum atomic E-state index is 11.6. The van der Waals surface area contributed by atoms with Gasteiger partial charge in [-0.15, -0.1) is 0 Å². The minimum absolute atomic E-state index is 0.227. The van der Waals surface area contributed by atoms with Crippen molar-refractivity contribution in [1.82, 2.24) is 0 Å². The number of carbonyl (C=O) groups is 3. The topological polar surface area (TPSA) is 69.7 Å². The molecule has 0 saturated heterocycles. The highest BCUT2D eigenvalue weighted by Gasteiger charge is 2.07. The molecular formula is C14H14O5. The predicted octanol–water partition coefficient (Wildman–Crippen LogP) is 1.53. The minimum atomic E-state index is -0.766. The first-order chi connectivity index (χ1) is 9.13. The molecule has 0 saturated carbocycles. The van der Waals surface area contributed by atoms with Crippen LogP contribution in [0.4, 0.5) is 0 Å². The van der Waals surface area contributed by atoms with Crippen molar-refractivity contribution < 1.29 is 23.9 Å². The third kappa shape index (κ3) is 5.63. The Morgan fingerprint density at radius 2 is 1.58 bits per heavy atom. The molecule has 0 atom stereocenters. The maximum Gasteiger partial charge on any atom is 0.331 e. The Morgan fingerprint density at radius 3 is 2.16 bits per heavy atom. The van der Waals surface area contributed by atoms with Gasteiger partial charge in [0, 0.05) is 17.7 Å². The van der Waals surface area contributed by atoms with E-state index in [9.17, 15) is 14.4 Å². The first kappa shape index (κ1) is 14.6. The zero-order valence-corrected chi connectivity index (χ0v) is 10.5. The molecule has 0 fully saturated rings. The molecule has 0 N–H and O–H groups in total. The summed E-state index contributed by atoms with van der Waals surface area (Å²) in [6.07, 6.45) is 1.88. The normalized spacial score (nSPS) is 10.2. The van der Waals surface area contributed by atoms with Crippen molar-refractivity contribution in [3.63, 3.8) is 0 Å². The van der Waals surface area contributed by atoms with Crippen LogP contribution in [0.2, 0.25) is 0 Å². The van der Waals surface area contributed by atoms with E-state index in [2.05, 4.69) is 4.74 Å². The Labute approximate surface area is 110 Å². The monoisotopic (exact) mass is 262 g/mol. The molecule has 0 aliphatic heterocycles. The van der Waals surface area contributed by atoms with Crippen LogP contribution in [0.3, 0.4) is 0 Å². The van der Waals surface area contributed by atoms with E-state index in [1.807, 2.05) is 0 Å². The van der Waals surface area contributed by atoms with Crippen molar-refractivity contribution in [2.75, 3.05) is 13.2 Å². The van der Waals surface area contributed by atoms with Gasteiger partial charge in [0.15, 0.2) is 12.4 Å². The van der Waals surface area contributed by atoms with Gasteiger partial charge in [0.1, 0.15) is 0 Å². The fourth-order valence-electron chi connectivity index (χ4n) is 1.22. The van der Waals surface area contributed by atoms with Crippen LogP contribution in [0.15, 0.2) is 42.5 Å². The number of rotatable bonds is 6. The summed E-state index contributed by atoms with van der Waals surface area (Å²) in [5.74, 6) is -1.70. The number of ether oxygens (including phenoxy) is 2. The van der Waals surface area contributed by atoms with E-state index < -0.39 is 11.9 Å². The highest BCUT2D eigenvalue weighted by molar-refractivity contribution is 5.99. The zero-order chi connectivity index (χ0) is 14.1. The summed E-state index contributed by atoms with van der Waals surface area (Å²) in [5, 5.41) is 0. The van der Waals surface area contributed by atoms with E-state index in [1.165, 1.54) is 0 Å². The van der Waals surface area contributed by atoms with Crippen LogP contribution in [-0.4, -0.2) is 30.9 Å². The number of esters is 2. The molecule has 0 bridgehead atoms. The van der Waals surface area contributed by atoms with E-state index >= 15 is 0 Å². The number of Topliss-reactive ketones (excluding diaryl/α,β-unsaturated/α-hetero) is 1. The Kier molecular flexibility index (Phi) is 6.02. The lowest BCUT2D eigenvalue weighted by Gasteiger charge is -2.01. The molecule has 1 aromatic carbocycles. The molecule has 0 aromatic heterocycles. The Hall–Kier alpha value is -2.43. The van der Waals surface area contributed by atoms with Gasteiger partial charge in [0.05, 0.1) is 6.61 Å². The lowest BCUT2D eigenvalue weighted by atomic mass is 10.1. The summed E-state index contributed by atoms with van der Waals surface area (Å²) < 4.78 is 9.29. The van der Waals surface area contributed by atoms with Crippen LogP contribution >= 0.6 is 0 Å². The molecule has 0 aliphatic carbocycles. The molecule has 19 heavy (non-hydrogen) atoms. The molecule has 100 valence electrons. The zero-order valence-electron chi connectivity index (χ0n) is 10.5. The molecular weight excluding hydrogens is 248 g/mol. The third-order valence-corrected chi connectivity index (χ3v) is 2.08. The quantitative estimate of drug-likeness (QED) is 0.442. The largest absolute Gasteiger partial charge is 0.463 e. The number of benzene rings is 1. The number of carbonyl (C=O) groups excluding carboxylic acids is 3. The van der Waals surface area contributed by atoms with Crippen molar-refractivity contribution in [3.05, 3.63) is 48.0 Å². The standard InChI is InChI=1S/C14H14O5/c1-2-18-13(16)8-9-14(17)19-10-12(15)11-6-4-3-5-7-11/h3-9H,2,10H2,1H3/b9-8+.